The number of rotatable bonds is 4. The summed E-state index contributed by atoms with van der Waals surface area (Å²) in [5.41, 5.74) is 1.04. The molecule has 1 heterocycles. The van der Waals surface area contributed by atoms with E-state index in [2.05, 4.69) is 0 Å². The van der Waals surface area contributed by atoms with Gasteiger partial charge < -0.3 is 19.1 Å². The third-order valence-electron chi connectivity index (χ3n) is 3.71. The van der Waals surface area contributed by atoms with Crippen LogP contribution in [0.5, 0.6) is 11.5 Å². The molecule has 24 heavy (non-hydrogen) atoms. The molecule has 1 amide bonds. The lowest BCUT2D eigenvalue weighted by Crippen LogP contribution is -2.37. The van der Waals surface area contributed by atoms with Crippen LogP contribution in [-0.4, -0.2) is 31.8 Å². The molecule has 0 aliphatic carbocycles. The van der Waals surface area contributed by atoms with Crippen molar-refractivity contribution in [1.29, 1.82) is 0 Å². The van der Waals surface area contributed by atoms with Crippen LogP contribution in [0.1, 0.15) is 17.3 Å². The van der Waals surface area contributed by atoms with Crippen molar-refractivity contribution in [2.24, 2.45) is 0 Å². The molecule has 0 bridgehead atoms. The zero-order valence-electron chi connectivity index (χ0n) is 13.4. The topological polar surface area (TPSA) is 65.1 Å². The van der Waals surface area contributed by atoms with E-state index in [-0.39, 0.29) is 12.7 Å². The molecular formula is C18H17NO5. The van der Waals surface area contributed by atoms with Crippen LogP contribution in [0, 0.1) is 0 Å². The number of fused-ring (bicyclic) bond motifs is 1. The standard InChI is InChI=1S/C18H17NO5/c1-12(17(20)19(2)14-6-4-3-5-7-14)24-18(21)13-8-9-15-16(10-13)23-11-22-15/h3-10,12H,11H2,1-2H3. The molecular weight excluding hydrogens is 310 g/mol. The van der Waals surface area contributed by atoms with Gasteiger partial charge in [0.2, 0.25) is 6.79 Å². The van der Waals surface area contributed by atoms with Crippen LogP contribution in [0.25, 0.3) is 0 Å². The lowest BCUT2D eigenvalue weighted by Gasteiger charge is -2.21. The van der Waals surface area contributed by atoms with E-state index in [0.29, 0.717) is 17.1 Å². The summed E-state index contributed by atoms with van der Waals surface area (Å²) >= 11 is 0. The fourth-order valence-electron chi connectivity index (χ4n) is 2.35. The second kappa shape index (κ2) is 6.62. The van der Waals surface area contributed by atoms with Gasteiger partial charge in [0.05, 0.1) is 5.56 Å². The first kappa shape index (κ1) is 15.9. The first-order valence-corrected chi connectivity index (χ1v) is 7.49. The van der Waals surface area contributed by atoms with Crippen molar-refractivity contribution in [1.82, 2.24) is 0 Å². The molecule has 3 rings (SSSR count). The SMILES string of the molecule is CC(OC(=O)c1ccc2c(c1)OCO2)C(=O)N(C)c1ccccc1. The molecule has 0 radical (unpaired) electrons. The summed E-state index contributed by atoms with van der Waals surface area (Å²) < 4.78 is 15.7. The van der Waals surface area contributed by atoms with E-state index in [4.69, 9.17) is 14.2 Å². The molecule has 0 fully saturated rings. The van der Waals surface area contributed by atoms with Gasteiger partial charge in [0.1, 0.15) is 0 Å². The minimum Gasteiger partial charge on any atom is -0.454 e. The molecule has 1 aliphatic heterocycles. The molecule has 2 aromatic carbocycles. The molecule has 0 N–H and O–H groups in total. The number of carbonyl (C=O) groups is 2. The minimum atomic E-state index is -0.909. The lowest BCUT2D eigenvalue weighted by atomic mass is 10.2. The molecule has 6 nitrogen and oxygen atoms in total. The minimum absolute atomic E-state index is 0.130. The molecule has 124 valence electrons. The highest BCUT2D eigenvalue weighted by Crippen LogP contribution is 2.32. The Labute approximate surface area is 139 Å². The Balaban J connectivity index is 1.66. The average molecular weight is 327 g/mol. The van der Waals surface area contributed by atoms with Crippen LogP contribution in [-0.2, 0) is 9.53 Å². The average Bonchev–Trinajstić information content (AvgIpc) is 3.08. The van der Waals surface area contributed by atoms with Crippen molar-refractivity contribution in [3.8, 4) is 11.5 Å². The highest BCUT2D eigenvalue weighted by molar-refractivity contribution is 5.98. The van der Waals surface area contributed by atoms with Crippen LogP contribution < -0.4 is 14.4 Å². The van der Waals surface area contributed by atoms with Gasteiger partial charge in [-0.05, 0) is 37.3 Å². The summed E-state index contributed by atoms with van der Waals surface area (Å²) in [6, 6.07) is 13.9. The molecule has 2 aromatic rings. The van der Waals surface area contributed by atoms with Gasteiger partial charge in [0.15, 0.2) is 17.6 Å². The number of hydrogen-bond donors (Lipinski definition) is 0. The van der Waals surface area contributed by atoms with E-state index in [0.717, 1.165) is 5.69 Å². The highest BCUT2D eigenvalue weighted by Gasteiger charge is 2.24. The number of likely N-dealkylation sites (N-methyl/N-ethyl adjacent to an activating group) is 1. The quantitative estimate of drug-likeness (QED) is 0.808. The van der Waals surface area contributed by atoms with E-state index in [1.807, 2.05) is 30.3 Å². The Bertz CT molecular complexity index is 759. The van der Waals surface area contributed by atoms with E-state index in [1.54, 1.807) is 32.2 Å². The lowest BCUT2D eigenvalue weighted by molar-refractivity contribution is -0.126. The van der Waals surface area contributed by atoms with Crippen LogP contribution in [0.4, 0.5) is 5.69 Å². The molecule has 1 aliphatic rings. The van der Waals surface area contributed by atoms with Crippen molar-refractivity contribution < 1.29 is 23.8 Å². The van der Waals surface area contributed by atoms with Crippen LogP contribution in [0.2, 0.25) is 0 Å². The predicted octanol–water partition coefficient (Wildman–Crippen LogP) is 2.62. The van der Waals surface area contributed by atoms with Crippen LogP contribution in [0.3, 0.4) is 0 Å². The van der Waals surface area contributed by atoms with E-state index in [9.17, 15) is 9.59 Å². The largest absolute Gasteiger partial charge is 0.454 e. The maximum absolute atomic E-state index is 12.4. The monoisotopic (exact) mass is 327 g/mol. The third-order valence-corrected chi connectivity index (χ3v) is 3.71. The Morgan fingerprint density at radius 2 is 1.79 bits per heavy atom. The number of carbonyl (C=O) groups excluding carboxylic acids is 2. The maximum Gasteiger partial charge on any atom is 0.339 e. The summed E-state index contributed by atoms with van der Waals surface area (Å²) in [4.78, 5) is 26.1. The van der Waals surface area contributed by atoms with Gasteiger partial charge in [-0.25, -0.2) is 4.79 Å². The number of nitrogens with zero attached hydrogens (tertiary/aromatic N) is 1. The van der Waals surface area contributed by atoms with Gasteiger partial charge in [-0.1, -0.05) is 18.2 Å². The normalized spacial score (nSPS) is 13.2. The second-order valence-electron chi connectivity index (χ2n) is 5.35. The Morgan fingerprint density at radius 3 is 2.54 bits per heavy atom. The molecule has 6 heteroatoms. The van der Waals surface area contributed by atoms with Gasteiger partial charge >= 0.3 is 5.97 Å². The number of para-hydroxylation sites is 1. The summed E-state index contributed by atoms with van der Waals surface area (Å²) in [5, 5.41) is 0. The molecule has 0 spiro atoms. The molecule has 1 atom stereocenters. The second-order valence-corrected chi connectivity index (χ2v) is 5.35. The van der Waals surface area contributed by atoms with Gasteiger partial charge in [-0.15, -0.1) is 0 Å². The fourth-order valence-corrected chi connectivity index (χ4v) is 2.35. The number of amides is 1. The fraction of sp³-hybridized carbons (Fsp3) is 0.222. The number of esters is 1. The summed E-state index contributed by atoms with van der Waals surface area (Å²) in [5.74, 6) is 0.176. The molecule has 0 saturated carbocycles. The third kappa shape index (κ3) is 3.17. The Kier molecular flexibility index (Phi) is 4.37. The van der Waals surface area contributed by atoms with Gasteiger partial charge in [-0.2, -0.15) is 0 Å². The smallest absolute Gasteiger partial charge is 0.339 e. The number of benzene rings is 2. The first-order valence-electron chi connectivity index (χ1n) is 7.49. The highest BCUT2D eigenvalue weighted by atomic mass is 16.7. The van der Waals surface area contributed by atoms with Crippen molar-refractivity contribution in [2.75, 3.05) is 18.7 Å². The van der Waals surface area contributed by atoms with E-state index >= 15 is 0 Å². The maximum atomic E-state index is 12.4. The Hall–Kier alpha value is -3.02. The van der Waals surface area contributed by atoms with E-state index in [1.165, 1.54) is 4.90 Å². The van der Waals surface area contributed by atoms with Gasteiger partial charge in [0.25, 0.3) is 5.91 Å². The van der Waals surface area contributed by atoms with Crippen molar-refractivity contribution in [3.63, 3.8) is 0 Å². The first-order chi connectivity index (χ1) is 11.6. The van der Waals surface area contributed by atoms with Crippen molar-refractivity contribution in [3.05, 3.63) is 54.1 Å². The zero-order chi connectivity index (χ0) is 17.1. The van der Waals surface area contributed by atoms with Crippen LogP contribution >= 0.6 is 0 Å². The molecule has 0 saturated heterocycles. The number of ether oxygens (including phenoxy) is 3. The van der Waals surface area contributed by atoms with Gasteiger partial charge in [0, 0.05) is 12.7 Å². The summed E-state index contributed by atoms with van der Waals surface area (Å²) in [6.07, 6.45) is -0.909. The summed E-state index contributed by atoms with van der Waals surface area (Å²) in [7, 11) is 1.64. The van der Waals surface area contributed by atoms with Crippen molar-refractivity contribution >= 4 is 17.6 Å². The number of hydrogen-bond acceptors (Lipinski definition) is 5. The Morgan fingerprint density at radius 1 is 1.08 bits per heavy atom. The van der Waals surface area contributed by atoms with Crippen LogP contribution in [0.15, 0.2) is 48.5 Å². The zero-order valence-corrected chi connectivity index (χ0v) is 13.4. The molecule has 1 unspecified atom stereocenters. The van der Waals surface area contributed by atoms with Crippen molar-refractivity contribution in [2.45, 2.75) is 13.0 Å². The van der Waals surface area contributed by atoms with Gasteiger partial charge in [-0.3, -0.25) is 4.79 Å². The molecule has 0 aromatic heterocycles. The van der Waals surface area contributed by atoms with E-state index < -0.39 is 12.1 Å². The number of anilines is 1. The summed E-state index contributed by atoms with van der Waals surface area (Å²) in [6.45, 7) is 1.68. The predicted molar refractivity (Wildman–Crippen MR) is 87.3 cm³/mol.